The fourth-order valence-electron chi connectivity index (χ4n) is 2.63. The smallest absolute Gasteiger partial charge is 0.416 e. The Labute approximate surface area is 156 Å². The number of aromatic carboxylic acids is 1. The third-order valence-corrected chi connectivity index (χ3v) is 3.92. The van der Waals surface area contributed by atoms with Gasteiger partial charge in [0.05, 0.1) is 16.8 Å². The van der Waals surface area contributed by atoms with Crippen LogP contribution in [0.25, 0.3) is 0 Å². The van der Waals surface area contributed by atoms with Gasteiger partial charge in [-0.2, -0.15) is 13.2 Å². The molecule has 0 atom stereocenters. The molecule has 0 radical (unpaired) electrons. The van der Waals surface area contributed by atoms with Crippen molar-refractivity contribution in [2.24, 2.45) is 0 Å². The molecule has 2 amide bonds. The summed E-state index contributed by atoms with van der Waals surface area (Å²) in [5.41, 5.74) is -1.03. The predicted molar refractivity (Wildman–Crippen MR) is 91.3 cm³/mol. The van der Waals surface area contributed by atoms with Gasteiger partial charge in [-0.15, -0.1) is 0 Å². The Bertz CT molecular complexity index is 958. The van der Waals surface area contributed by atoms with Crippen molar-refractivity contribution in [3.05, 3.63) is 53.6 Å². The van der Waals surface area contributed by atoms with Crippen LogP contribution in [0.2, 0.25) is 0 Å². The van der Waals surface area contributed by atoms with Gasteiger partial charge in [-0.3, -0.25) is 14.5 Å². The van der Waals surface area contributed by atoms with Crippen molar-refractivity contribution >= 4 is 29.2 Å². The number of carbonyl (C=O) groups is 3. The Morgan fingerprint density at radius 2 is 1.93 bits per heavy atom. The van der Waals surface area contributed by atoms with E-state index in [1.165, 1.54) is 24.3 Å². The second-order valence-electron chi connectivity index (χ2n) is 5.88. The zero-order valence-electron chi connectivity index (χ0n) is 14.1. The van der Waals surface area contributed by atoms with Crippen molar-refractivity contribution < 1.29 is 37.4 Å². The number of halogens is 3. The van der Waals surface area contributed by atoms with Crippen LogP contribution in [-0.2, 0) is 15.8 Å². The maximum atomic E-state index is 12.8. The molecule has 28 heavy (non-hydrogen) atoms. The zero-order valence-corrected chi connectivity index (χ0v) is 14.1. The number of rotatable bonds is 4. The van der Waals surface area contributed by atoms with Crippen LogP contribution >= 0.6 is 0 Å². The lowest BCUT2D eigenvalue weighted by atomic mass is 10.1. The van der Waals surface area contributed by atoms with Gasteiger partial charge in [0, 0.05) is 5.69 Å². The largest absolute Gasteiger partial charge is 0.482 e. The number of alkyl halides is 3. The standard InChI is InChI=1S/C18H13F3N2O5/c19-18(20,21)11-2-1-3-12(7-11)22-15(24)8-23-13-6-10(17(26)27)4-5-14(13)28-9-16(23)25/h1-7H,8-9H2,(H,22,24)(H,26,27). The number of ether oxygens (including phenoxy) is 1. The molecule has 1 aliphatic heterocycles. The van der Waals surface area contributed by atoms with E-state index in [4.69, 9.17) is 9.84 Å². The summed E-state index contributed by atoms with van der Waals surface area (Å²) in [5.74, 6) is -2.35. The van der Waals surface area contributed by atoms with E-state index < -0.39 is 36.1 Å². The molecule has 0 saturated heterocycles. The zero-order chi connectivity index (χ0) is 20.5. The van der Waals surface area contributed by atoms with E-state index in [-0.39, 0.29) is 29.3 Å². The Hall–Kier alpha value is -3.56. The molecule has 0 aromatic heterocycles. The highest BCUT2D eigenvalue weighted by Crippen LogP contribution is 2.33. The van der Waals surface area contributed by atoms with Gasteiger partial charge in [-0.25, -0.2) is 4.79 Å². The Morgan fingerprint density at radius 1 is 1.18 bits per heavy atom. The highest BCUT2D eigenvalue weighted by atomic mass is 19.4. The van der Waals surface area contributed by atoms with E-state index in [9.17, 15) is 27.6 Å². The summed E-state index contributed by atoms with van der Waals surface area (Å²) in [7, 11) is 0. The molecule has 146 valence electrons. The molecule has 1 aliphatic rings. The first-order valence-corrected chi connectivity index (χ1v) is 7.93. The summed E-state index contributed by atoms with van der Waals surface area (Å²) in [5, 5.41) is 11.4. The van der Waals surface area contributed by atoms with E-state index in [2.05, 4.69) is 5.32 Å². The molecular weight excluding hydrogens is 381 g/mol. The molecule has 0 spiro atoms. The van der Waals surface area contributed by atoms with Crippen LogP contribution in [0.5, 0.6) is 5.75 Å². The van der Waals surface area contributed by atoms with Crippen molar-refractivity contribution in [3.63, 3.8) is 0 Å². The van der Waals surface area contributed by atoms with Crippen LogP contribution in [0, 0.1) is 0 Å². The molecule has 0 saturated carbocycles. The molecule has 7 nitrogen and oxygen atoms in total. The van der Waals surface area contributed by atoms with E-state index in [0.29, 0.717) is 0 Å². The van der Waals surface area contributed by atoms with Gasteiger partial charge >= 0.3 is 12.1 Å². The van der Waals surface area contributed by atoms with Crippen LogP contribution in [0.4, 0.5) is 24.5 Å². The van der Waals surface area contributed by atoms with Gasteiger partial charge in [0.1, 0.15) is 12.3 Å². The topological polar surface area (TPSA) is 95.9 Å². The van der Waals surface area contributed by atoms with Crippen LogP contribution in [0.15, 0.2) is 42.5 Å². The number of nitrogens with one attached hydrogen (secondary N) is 1. The van der Waals surface area contributed by atoms with Crippen molar-refractivity contribution in [3.8, 4) is 5.75 Å². The number of fused-ring (bicyclic) bond motifs is 1. The first-order chi connectivity index (χ1) is 13.1. The summed E-state index contributed by atoms with van der Waals surface area (Å²) >= 11 is 0. The Morgan fingerprint density at radius 3 is 2.61 bits per heavy atom. The van der Waals surface area contributed by atoms with Crippen LogP contribution in [-0.4, -0.2) is 36.0 Å². The molecule has 2 N–H and O–H groups in total. The fourth-order valence-corrected chi connectivity index (χ4v) is 2.63. The molecule has 0 aliphatic carbocycles. The minimum absolute atomic E-state index is 0.0833. The van der Waals surface area contributed by atoms with Gasteiger partial charge in [-0.1, -0.05) is 6.07 Å². The molecular formula is C18H13F3N2O5. The first kappa shape index (κ1) is 19.2. The van der Waals surface area contributed by atoms with E-state index in [1.807, 2.05) is 0 Å². The first-order valence-electron chi connectivity index (χ1n) is 7.93. The molecule has 0 bridgehead atoms. The lowest BCUT2D eigenvalue weighted by molar-refractivity contribution is -0.137. The maximum Gasteiger partial charge on any atom is 0.416 e. The second-order valence-corrected chi connectivity index (χ2v) is 5.88. The quantitative estimate of drug-likeness (QED) is 0.832. The highest BCUT2D eigenvalue weighted by molar-refractivity contribution is 6.05. The number of nitrogens with zero attached hydrogens (tertiary/aromatic N) is 1. The fraction of sp³-hybridized carbons (Fsp3) is 0.167. The van der Waals surface area contributed by atoms with Gasteiger partial charge in [0.2, 0.25) is 5.91 Å². The van der Waals surface area contributed by atoms with Gasteiger partial charge in [-0.05, 0) is 36.4 Å². The number of benzene rings is 2. The SMILES string of the molecule is O=C(CN1C(=O)COc2ccc(C(=O)O)cc21)Nc1cccc(C(F)(F)F)c1. The van der Waals surface area contributed by atoms with E-state index in [0.717, 1.165) is 23.1 Å². The van der Waals surface area contributed by atoms with Gasteiger partial charge in [0.25, 0.3) is 5.91 Å². The number of carboxylic acids is 1. The van der Waals surface area contributed by atoms with Crippen LogP contribution in [0.1, 0.15) is 15.9 Å². The third-order valence-electron chi connectivity index (χ3n) is 3.92. The summed E-state index contributed by atoms with van der Waals surface area (Å²) in [4.78, 5) is 36.6. The van der Waals surface area contributed by atoms with Crippen LogP contribution in [0.3, 0.4) is 0 Å². The second kappa shape index (κ2) is 7.22. The molecule has 2 aromatic carbocycles. The molecule has 2 aromatic rings. The van der Waals surface area contributed by atoms with Crippen molar-refractivity contribution in [2.45, 2.75) is 6.18 Å². The summed E-state index contributed by atoms with van der Waals surface area (Å²) in [6.07, 6.45) is -4.56. The number of amides is 2. The van der Waals surface area contributed by atoms with Gasteiger partial charge < -0.3 is 15.2 Å². The minimum atomic E-state index is -4.56. The lowest BCUT2D eigenvalue weighted by Gasteiger charge is -2.29. The molecule has 10 heteroatoms. The van der Waals surface area contributed by atoms with Crippen molar-refractivity contribution in [1.82, 2.24) is 0 Å². The minimum Gasteiger partial charge on any atom is -0.482 e. The molecule has 3 rings (SSSR count). The van der Waals surface area contributed by atoms with E-state index in [1.54, 1.807) is 0 Å². The maximum absolute atomic E-state index is 12.8. The number of anilines is 2. The number of carboxylic acid groups (broad SMARTS) is 1. The highest BCUT2D eigenvalue weighted by Gasteiger charge is 2.31. The van der Waals surface area contributed by atoms with Crippen molar-refractivity contribution in [1.29, 1.82) is 0 Å². The predicted octanol–water partition coefficient (Wildman–Crippen LogP) is 2.77. The number of hydrogen-bond donors (Lipinski definition) is 2. The monoisotopic (exact) mass is 394 g/mol. The molecule has 1 heterocycles. The number of carbonyl (C=O) groups excluding carboxylic acids is 2. The van der Waals surface area contributed by atoms with Crippen molar-refractivity contribution in [2.75, 3.05) is 23.4 Å². The Balaban J connectivity index is 1.80. The van der Waals surface area contributed by atoms with E-state index >= 15 is 0 Å². The Kier molecular flexibility index (Phi) is 4.95. The van der Waals surface area contributed by atoms with Gasteiger partial charge in [0.15, 0.2) is 6.61 Å². The average molecular weight is 394 g/mol. The lowest BCUT2D eigenvalue weighted by Crippen LogP contribution is -2.43. The molecule has 0 fully saturated rings. The number of hydrogen-bond acceptors (Lipinski definition) is 4. The average Bonchev–Trinajstić information content (AvgIpc) is 2.63. The molecule has 0 unspecified atom stereocenters. The van der Waals surface area contributed by atoms with Crippen LogP contribution < -0.4 is 15.0 Å². The summed E-state index contributed by atoms with van der Waals surface area (Å²) in [6.45, 7) is -0.870. The summed E-state index contributed by atoms with van der Waals surface area (Å²) in [6, 6.07) is 7.91. The third kappa shape index (κ3) is 4.05. The normalized spacial score (nSPS) is 13.5. The summed E-state index contributed by atoms with van der Waals surface area (Å²) < 4.78 is 43.5.